The number of aryl methyl sites for hydroxylation is 1. The van der Waals surface area contributed by atoms with Crippen molar-refractivity contribution in [3.8, 4) is 5.88 Å². The molecule has 7 nitrogen and oxygen atoms in total. The maximum atomic E-state index is 5.63. The number of hydrazine groups is 1. The number of ether oxygens (including phenoxy) is 1. The van der Waals surface area contributed by atoms with Crippen LogP contribution >= 0.6 is 0 Å². The second-order valence-electron chi connectivity index (χ2n) is 4.46. The van der Waals surface area contributed by atoms with Crippen LogP contribution < -0.4 is 16.0 Å². The van der Waals surface area contributed by atoms with Crippen LogP contribution in [0.2, 0.25) is 0 Å². The summed E-state index contributed by atoms with van der Waals surface area (Å²) in [6.45, 7) is 3.08. The predicted molar refractivity (Wildman–Crippen MR) is 74.9 cm³/mol. The number of aromatic nitrogens is 4. The summed E-state index contributed by atoms with van der Waals surface area (Å²) in [7, 11) is 1.56. The minimum Gasteiger partial charge on any atom is -0.480 e. The van der Waals surface area contributed by atoms with Crippen molar-refractivity contribution in [2.24, 2.45) is 5.84 Å². The normalized spacial score (nSPS) is 12.3. The van der Waals surface area contributed by atoms with E-state index in [2.05, 4.69) is 32.1 Å². The van der Waals surface area contributed by atoms with E-state index >= 15 is 0 Å². The zero-order valence-corrected chi connectivity index (χ0v) is 11.8. The maximum Gasteiger partial charge on any atom is 0.233 e. The molecule has 2 aromatic rings. The molecule has 3 N–H and O–H groups in total. The Morgan fingerprint density at radius 3 is 2.85 bits per heavy atom. The molecular formula is C13H20N6O. The summed E-state index contributed by atoms with van der Waals surface area (Å²) in [6, 6.07) is 3.49. The maximum absolute atomic E-state index is 5.63. The number of rotatable bonds is 7. The van der Waals surface area contributed by atoms with Crippen molar-refractivity contribution in [2.75, 3.05) is 7.11 Å². The Morgan fingerprint density at radius 2 is 2.25 bits per heavy atom. The van der Waals surface area contributed by atoms with Crippen LogP contribution in [0.25, 0.3) is 0 Å². The van der Waals surface area contributed by atoms with Gasteiger partial charge < -0.3 is 9.30 Å². The standard InChI is InChI=1S/C13H20N6O/c1-3-7-19-8-6-15-12(19)9-11(16-14)10-4-5-13(20-2)18-17-10/h4-6,8,11,16H,3,7,9,14H2,1-2H3. The smallest absolute Gasteiger partial charge is 0.233 e. The molecule has 0 aromatic carbocycles. The van der Waals surface area contributed by atoms with E-state index in [9.17, 15) is 0 Å². The Kier molecular flexibility index (Phi) is 5.03. The quantitative estimate of drug-likeness (QED) is 0.575. The molecule has 7 heteroatoms. The van der Waals surface area contributed by atoms with Gasteiger partial charge in [-0.2, -0.15) is 5.10 Å². The van der Waals surface area contributed by atoms with Gasteiger partial charge in [0.2, 0.25) is 5.88 Å². The molecule has 0 aliphatic carbocycles. The SMILES string of the molecule is CCCn1ccnc1CC(NN)c1ccc(OC)nn1. The number of hydrogen-bond donors (Lipinski definition) is 2. The second kappa shape index (κ2) is 6.97. The Morgan fingerprint density at radius 1 is 1.40 bits per heavy atom. The molecule has 20 heavy (non-hydrogen) atoms. The Hall–Kier alpha value is -1.99. The van der Waals surface area contributed by atoms with Crippen LogP contribution in [-0.4, -0.2) is 26.9 Å². The van der Waals surface area contributed by atoms with Crippen molar-refractivity contribution in [3.63, 3.8) is 0 Å². The fourth-order valence-electron chi connectivity index (χ4n) is 2.03. The highest BCUT2D eigenvalue weighted by atomic mass is 16.5. The van der Waals surface area contributed by atoms with E-state index in [0.29, 0.717) is 12.3 Å². The molecule has 0 saturated heterocycles. The third-order valence-electron chi connectivity index (χ3n) is 3.08. The minimum absolute atomic E-state index is 0.133. The van der Waals surface area contributed by atoms with Crippen LogP contribution in [0.3, 0.4) is 0 Å². The van der Waals surface area contributed by atoms with Crippen LogP contribution in [0.15, 0.2) is 24.5 Å². The summed E-state index contributed by atoms with van der Waals surface area (Å²) in [4.78, 5) is 4.38. The molecule has 1 atom stereocenters. The predicted octanol–water partition coefficient (Wildman–Crippen LogP) is 0.839. The van der Waals surface area contributed by atoms with E-state index in [1.165, 1.54) is 0 Å². The Labute approximate surface area is 118 Å². The van der Waals surface area contributed by atoms with Gasteiger partial charge in [0.05, 0.1) is 18.8 Å². The molecule has 2 heterocycles. The highest BCUT2D eigenvalue weighted by molar-refractivity contribution is 5.15. The third kappa shape index (κ3) is 3.31. The number of methoxy groups -OCH3 is 1. The van der Waals surface area contributed by atoms with Crippen LogP contribution in [0.1, 0.15) is 30.9 Å². The topological polar surface area (TPSA) is 90.9 Å². The average molecular weight is 276 g/mol. The molecule has 1 unspecified atom stereocenters. The van der Waals surface area contributed by atoms with Crippen LogP contribution in [-0.2, 0) is 13.0 Å². The van der Waals surface area contributed by atoms with Crippen molar-refractivity contribution in [3.05, 3.63) is 36.0 Å². The van der Waals surface area contributed by atoms with E-state index in [-0.39, 0.29) is 6.04 Å². The molecule has 0 aliphatic heterocycles. The first-order valence-electron chi connectivity index (χ1n) is 6.62. The van der Waals surface area contributed by atoms with Gasteiger partial charge in [-0.1, -0.05) is 6.92 Å². The summed E-state index contributed by atoms with van der Waals surface area (Å²) >= 11 is 0. The van der Waals surface area contributed by atoms with Gasteiger partial charge in [0.15, 0.2) is 0 Å². The number of nitrogens with zero attached hydrogens (tertiary/aromatic N) is 4. The van der Waals surface area contributed by atoms with Crippen molar-refractivity contribution >= 4 is 0 Å². The lowest BCUT2D eigenvalue weighted by Crippen LogP contribution is -2.31. The van der Waals surface area contributed by atoms with Crippen molar-refractivity contribution in [1.82, 2.24) is 25.2 Å². The molecule has 0 bridgehead atoms. The Balaban J connectivity index is 2.13. The van der Waals surface area contributed by atoms with E-state index in [0.717, 1.165) is 24.5 Å². The van der Waals surface area contributed by atoms with Crippen LogP contribution in [0, 0.1) is 0 Å². The molecule has 2 rings (SSSR count). The first kappa shape index (κ1) is 14.4. The number of hydrogen-bond acceptors (Lipinski definition) is 6. The Bertz CT molecular complexity index is 524. The number of nitrogens with one attached hydrogen (secondary N) is 1. The molecular weight excluding hydrogens is 256 g/mol. The molecule has 2 aromatic heterocycles. The minimum atomic E-state index is -0.133. The lowest BCUT2D eigenvalue weighted by Gasteiger charge is -2.15. The van der Waals surface area contributed by atoms with Gasteiger partial charge in [0.25, 0.3) is 0 Å². The number of imidazole rings is 1. The van der Waals surface area contributed by atoms with Gasteiger partial charge in [-0.3, -0.25) is 11.3 Å². The summed E-state index contributed by atoms with van der Waals surface area (Å²) in [6.07, 6.45) is 5.50. The van der Waals surface area contributed by atoms with E-state index in [1.54, 1.807) is 19.4 Å². The van der Waals surface area contributed by atoms with Crippen LogP contribution in [0.4, 0.5) is 0 Å². The summed E-state index contributed by atoms with van der Waals surface area (Å²) in [5.74, 6) is 7.09. The van der Waals surface area contributed by atoms with Crippen molar-refractivity contribution < 1.29 is 4.74 Å². The summed E-state index contributed by atoms with van der Waals surface area (Å²) in [5, 5.41) is 8.08. The van der Waals surface area contributed by atoms with E-state index in [1.807, 2.05) is 12.3 Å². The molecule has 0 spiro atoms. The third-order valence-corrected chi connectivity index (χ3v) is 3.08. The average Bonchev–Trinajstić information content (AvgIpc) is 2.92. The van der Waals surface area contributed by atoms with Gasteiger partial charge in [0.1, 0.15) is 5.82 Å². The highest BCUT2D eigenvalue weighted by Gasteiger charge is 2.16. The van der Waals surface area contributed by atoms with Gasteiger partial charge in [0, 0.05) is 31.4 Å². The summed E-state index contributed by atoms with van der Waals surface area (Å²) in [5.41, 5.74) is 3.53. The number of nitrogens with two attached hydrogens (primary N) is 1. The largest absolute Gasteiger partial charge is 0.480 e. The zero-order chi connectivity index (χ0) is 14.4. The molecule has 108 valence electrons. The zero-order valence-electron chi connectivity index (χ0n) is 11.8. The lowest BCUT2D eigenvalue weighted by atomic mass is 10.1. The van der Waals surface area contributed by atoms with Gasteiger partial charge in [-0.15, -0.1) is 5.10 Å². The molecule has 0 fully saturated rings. The second-order valence-corrected chi connectivity index (χ2v) is 4.46. The highest BCUT2D eigenvalue weighted by Crippen LogP contribution is 2.16. The van der Waals surface area contributed by atoms with Crippen molar-refractivity contribution in [2.45, 2.75) is 32.4 Å². The monoisotopic (exact) mass is 276 g/mol. The van der Waals surface area contributed by atoms with Gasteiger partial charge in [-0.05, 0) is 12.5 Å². The molecule has 0 amide bonds. The molecule has 0 saturated carbocycles. The first-order chi connectivity index (χ1) is 9.78. The van der Waals surface area contributed by atoms with Crippen molar-refractivity contribution in [1.29, 1.82) is 0 Å². The fraction of sp³-hybridized carbons (Fsp3) is 0.462. The fourth-order valence-corrected chi connectivity index (χ4v) is 2.03. The lowest BCUT2D eigenvalue weighted by molar-refractivity contribution is 0.388. The van der Waals surface area contributed by atoms with E-state index < -0.39 is 0 Å². The van der Waals surface area contributed by atoms with Gasteiger partial charge in [-0.25, -0.2) is 4.98 Å². The molecule has 0 radical (unpaired) electrons. The van der Waals surface area contributed by atoms with E-state index in [4.69, 9.17) is 10.6 Å². The first-order valence-corrected chi connectivity index (χ1v) is 6.62. The summed E-state index contributed by atoms with van der Waals surface area (Å²) < 4.78 is 7.12. The van der Waals surface area contributed by atoms with Crippen LogP contribution in [0.5, 0.6) is 5.88 Å². The molecule has 0 aliphatic rings. The van der Waals surface area contributed by atoms with Gasteiger partial charge >= 0.3 is 0 Å².